The van der Waals surface area contributed by atoms with Crippen LogP contribution in [0.3, 0.4) is 0 Å². The van der Waals surface area contributed by atoms with Crippen LogP contribution in [0.4, 0.5) is 10.3 Å². The van der Waals surface area contributed by atoms with Gasteiger partial charge >= 0.3 is 0 Å². The van der Waals surface area contributed by atoms with E-state index in [1.165, 1.54) is 16.8 Å². The van der Waals surface area contributed by atoms with Gasteiger partial charge in [-0.2, -0.15) is 4.98 Å². The summed E-state index contributed by atoms with van der Waals surface area (Å²) in [6.07, 6.45) is 2.78. The van der Waals surface area contributed by atoms with E-state index < -0.39 is 5.54 Å². The molecule has 0 unspecified atom stereocenters. The Kier molecular flexibility index (Phi) is 3.47. The molecular formula is C12H17FN4O. The van der Waals surface area contributed by atoms with Crippen LogP contribution in [0.1, 0.15) is 26.7 Å². The fourth-order valence-corrected chi connectivity index (χ4v) is 1.84. The molecular weight excluding hydrogens is 235 g/mol. The summed E-state index contributed by atoms with van der Waals surface area (Å²) in [4.78, 5) is 4.25. The summed E-state index contributed by atoms with van der Waals surface area (Å²) in [5.74, 6) is 0.0386. The van der Waals surface area contributed by atoms with Crippen LogP contribution >= 0.6 is 0 Å². The minimum atomic E-state index is -0.427. The van der Waals surface area contributed by atoms with Gasteiger partial charge in [0.05, 0.1) is 18.3 Å². The number of aromatic nitrogens is 3. The molecule has 0 aliphatic rings. The summed E-state index contributed by atoms with van der Waals surface area (Å²) in [5, 5.41) is 16.8. The Labute approximate surface area is 105 Å². The summed E-state index contributed by atoms with van der Waals surface area (Å²) < 4.78 is 14.4. The lowest BCUT2D eigenvalue weighted by molar-refractivity contribution is 0.201. The van der Waals surface area contributed by atoms with Crippen molar-refractivity contribution in [3.8, 4) is 0 Å². The summed E-state index contributed by atoms with van der Waals surface area (Å²) >= 11 is 0. The zero-order valence-corrected chi connectivity index (χ0v) is 10.5. The molecule has 2 N–H and O–H groups in total. The SMILES string of the molecule is CCC(CC)(CO)Nc1nc2ccc(F)cn2n1. The van der Waals surface area contributed by atoms with Crippen LogP contribution in [0.25, 0.3) is 5.65 Å². The first-order valence-electron chi connectivity index (χ1n) is 6.03. The van der Waals surface area contributed by atoms with Crippen LogP contribution in [0.15, 0.2) is 18.3 Å². The zero-order valence-electron chi connectivity index (χ0n) is 10.5. The Hall–Kier alpha value is -1.69. The van der Waals surface area contributed by atoms with Crippen LogP contribution in [0, 0.1) is 5.82 Å². The number of halogens is 1. The summed E-state index contributed by atoms with van der Waals surface area (Å²) in [6.45, 7) is 3.98. The Morgan fingerprint density at radius 1 is 1.39 bits per heavy atom. The molecule has 0 aliphatic carbocycles. The minimum absolute atomic E-state index is 0.00388. The molecule has 0 radical (unpaired) electrons. The van der Waals surface area contributed by atoms with E-state index in [9.17, 15) is 9.50 Å². The van der Waals surface area contributed by atoms with Crippen molar-refractivity contribution in [2.75, 3.05) is 11.9 Å². The summed E-state index contributed by atoms with van der Waals surface area (Å²) in [5.41, 5.74) is 0.140. The molecule has 0 atom stereocenters. The molecule has 98 valence electrons. The summed E-state index contributed by atoms with van der Waals surface area (Å²) in [7, 11) is 0. The molecule has 0 aliphatic heterocycles. The van der Waals surface area contributed by atoms with E-state index >= 15 is 0 Å². The van der Waals surface area contributed by atoms with Gasteiger partial charge < -0.3 is 10.4 Å². The number of anilines is 1. The van der Waals surface area contributed by atoms with Gasteiger partial charge in [0.2, 0.25) is 5.95 Å². The third kappa shape index (κ3) is 2.28. The van der Waals surface area contributed by atoms with E-state index in [1.807, 2.05) is 13.8 Å². The number of rotatable bonds is 5. The first-order valence-corrected chi connectivity index (χ1v) is 6.03. The Morgan fingerprint density at radius 2 is 2.11 bits per heavy atom. The lowest BCUT2D eigenvalue weighted by Crippen LogP contribution is -2.41. The molecule has 0 spiro atoms. The van der Waals surface area contributed by atoms with E-state index in [0.717, 1.165) is 12.8 Å². The number of aliphatic hydroxyl groups excluding tert-OH is 1. The number of pyridine rings is 1. The normalized spacial score (nSPS) is 12.0. The van der Waals surface area contributed by atoms with E-state index in [1.54, 1.807) is 6.07 Å². The third-order valence-electron chi connectivity index (χ3n) is 3.33. The maximum atomic E-state index is 13.0. The first-order chi connectivity index (χ1) is 8.62. The molecule has 0 saturated heterocycles. The lowest BCUT2D eigenvalue weighted by atomic mass is 9.94. The molecule has 0 fully saturated rings. The molecule has 0 bridgehead atoms. The molecule has 18 heavy (non-hydrogen) atoms. The lowest BCUT2D eigenvalue weighted by Gasteiger charge is -2.29. The second-order valence-corrected chi connectivity index (χ2v) is 4.36. The number of hydrogen-bond acceptors (Lipinski definition) is 4. The highest BCUT2D eigenvalue weighted by Gasteiger charge is 2.26. The molecule has 6 heteroatoms. The number of aliphatic hydroxyl groups is 1. The smallest absolute Gasteiger partial charge is 0.243 e. The molecule has 2 rings (SSSR count). The Morgan fingerprint density at radius 3 is 2.72 bits per heavy atom. The van der Waals surface area contributed by atoms with Crippen molar-refractivity contribution < 1.29 is 9.50 Å². The van der Waals surface area contributed by atoms with Gasteiger partial charge in [-0.05, 0) is 25.0 Å². The van der Waals surface area contributed by atoms with Crippen LogP contribution in [-0.4, -0.2) is 31.9 Å². The van der Waals surface area contributed by atoms with E-state index in [0.29, 0.717) is 11.6 Å². The molecule has 2 heterocycles. The van der Waals surface area contributed by atoms with Gasteiger partial charge in [0.1, 0.15) is 5.82 Å². The van der Waals surface area contributed by atoms with Crippen molar-refractivity contribution in [2.24, 2.45) is 0 Å². The van der Waals surface area contributed by atoms with E-state index in [4.69, 9.17) is 0 Å². The number of nitrogens with one attached hydrogen (secondary N) is 1. The summed E-state index contributed by atoms with van der Waals surface area (Å²) in [6, 6.07) is 2.90. The predicted octanol–water partition coefficient (Wildman–Crippen LogP) is 1.83. The van der Waals surface area contributed by atoms with Crippen LogP contribution in [0.2, 0.25) is 0 Å². The highest BCUT2D eigenvalue weighted by atomic mass is 19.1. The second-order valence-electron chi connectivity index (χ2n) is 4.36. The van der Waals surface area contributed by atoms with E-state index in [2.05, 4.69) is 15.4 Å². The monoisotopic (exact) mass is 252 g/mol. The van der Waals surface area contributed by atoms with E-state index in [-0.39, 0.29) is 12.4 Å². The average molecular weight is 252 g/mol. The Balaban J connectivity index is 2.31. The molecule has 0 aromatic carbocycles. The van der Waals surface area contributed by atoms with Gasteiger partial charge in [0.15, 0.2) is 5.65 Å². The van der Waals surface area contributed by atoms with Crippen LogP contribution in [-0.2, 0) is 0 Å². The van der Waals surface area contributed by atoms with Gasteiger partial charge in [-0.3, -0.25) is 0 Å². The maximum Gasteiger partial charge on any atom is 0.243 e. The largest absolute Gasteiger partial charge is 0.394 e. The van der Waals surface area contributed by atoms with Crippen molar-refractivity contribution >= 4 is 11.6 Å². The van der Waals surface area contributed by atoms with Gasteiger partial charge in [0, 0.05) is 0 Å². The minimum Gasteiger partial charge on any atom is -0.394 e. The average Bonchev–Trinajstić information content (AvgIpc) is 2.77. The van der Waals surface area contributed by atoms with Crippen molar-refractivity contribution in [1.82, 2.24) is 14.6 Å². The molecule has 2 aromatic heterocycles. The highest BCUT2D eigenvalue weighted by molar-refractivity contribution is 5.44. The zero-order chi connectivity index (χ0) is 13.2. The fraction of sp³-hybridized carbons (Fsp3) is 0.500. The van der Waals surface area contributed by atoms with Crippen molar-refractivity contribution in [2.45, 2.75) is 32.2 Å². The van der Waals surface area contributed by atoms with Crippen LogP contribution < -0.4 is 5.32 Å². The topological polar surface area (TPSA) is 62.5 Å². The van der Waals surface area contributed by atoms with Crippen molar-refractivity contribution in [3.63, 3.8) is 0 Å². The first kappa shape index (κ1) is 12.8. The van der Waals surface area contributed by atoms with Crippen LogP contribution in [0.5, 0.6) is 0 Å². The standard InChI is InChI=1S/C12H17FN4O/c1-3-12(4-2,8-18)15-11-14-10-6-5-9(13)7-17(10)16-11/h5-7,18H,3-4,8H2,1-2H3,(H,15,16). The quantitative estimate of drug-likeness (QED) is 0.852. The molecule has 5 nitrogen and oxygen atoms in total. The number of nitrogens with zero attached hydrogens (tertiary/aromatic N) is 3. The van der Waals surface area contributed by atoms with Gasteiger partial charge in [-0.25, -0.2) is 8.91 Å². The van der Waals surface area contributed by atoms with Crippen molar-refractivity contribution in [3.05, 3.63) is 24.1 Å². The second kappa shape index (κ2) is 4.89. The molecule has 0 amide bonds. The highest BCUT2D eigenvalue weighted by Crippen LogP contribution is 2.20. The number of fused-ring (bicyclic) bond motifs is 1. The molecule has 0 saturated carbocycles. The Bertz CT molecular complexity index is 528. The van der Waals surface area contributed by atoms with Gasteiger partial charge in [0.25, 0.3) is 0 Å². The third-order valence-corrected chi connectivity index (χ3v) is 3.33. The van der Waals surface area contributed by atoms with Gasteiger partial charge in [-0.15, -0.1) is 5.10 Å². The van der Waals surface area contributed by atoms with Gasteiger partial charge in [-0.1, -0.05) is 13.8 Å². The molecule has 2 aromatic rings. The number of hydrogen-bond donors (Lipinski definition) is 2. The fourth-order valence-electron chi connectivity index (χ4n) is 1.84. The maximum absolute atomic E-state index is 13.0. The predicted molar refractivity (Wildman–Crippen MR) is 67.0 cm³/mol. The van der Waals surface area contributed by atoms with Crippen molar-refractivity contribution in [1.29, 1.82) is 0 Å².